The van der Waals surface area contributed by atoms with Crippen LogP contribution in [-0.2, 0) is 10.2 Å². The molecular formula is C11H22F3N3O2S. The molecule has 0 spiro atoms. The second kappa shape index (κ2) is 6.59. The zero-order valence-corrected chi connectivity index (χ0v) is 12.5. The van der Waals surface area contributed by atoms with Gasteiger partial charge in [0.1, 0.15) is 6.54 Å². The van der Waals surface area contributed by atoms with Crippen molar-refractivity contribution in [3.63, 3.8) is 0 Å². The van der Waals surface area contributed by atoms with E-state index < -0.39 is 35.0 Å². The van der Waals surface area contributed by atoms with Crippen molar-refractivity contribution >= 4 is 10.2 Å². The summed E-state index contributed by atoms with van der Waals surface area (Å²) in [5, 5.41) is 0. The second-order valence-electron chi connectivity index (χ2n) is 5.26. The maximum atomic E-state index is 12.6. The molecule has 0 radical (unpaired) electrons. The molecule has 1 heterocycles. The molecule has 20 heavy (non-hydrogen) atoms. The van der Waals surface area contributed by atoms with Crippen LogP contribution in [0.25, 0.3) is 0 Å². The highest BCUT2D eigenvalue weighted by Gasteiger charge is 2.42. The fraction of sp³-hybridized carbons (Fsp3) is 1.00. The van der Waals surface area contributed by atoms with Gasteiger partial charge in [0.2, 0.25) is 0 Å². The van der Waals surface area contributed by atoms with Crippen molar-refractivity contribution in [3.05, 3.63) is 0 Å². The fourth-order valence-electron chi connectivity index (χ4n) is 2.36. The van der Waals surface area contributed by atoms with E-state index in [4.69, 9.17) is 5.73 Å². The lowest BCUT2D eigenvalue weighted by molar-refractivity contribution is -0.139. The molecule has 9 heteroatoms. The van der Waals surface area contributed by atoms with E-state index in [1.165, 1.54) is 13.8 Å². The van der Waals surface area contributed by atoms with E-state index in [1.807, 2.05) is 0 Å². The van der Waals surface area contributed by atoms with Gasteiger partial charge >= 0.3 is 6.18 Å². The first-order valence-corrected chi connectivity index (χ1v) is 8.04. The highest BCUT2D eigenvalue weighted by molar-refractivity contribution is 7.86. The minimum absolute atomic E-state index is 0.122. The van der Waals surface area contributed by atoms with Gasteiger partial charge < -0.3 is 5.73 Å². The van der Waals surface area contributed by atoms with Crippen molar-refractivity contribution in [2.24, 2.45) is 5.73 Å². The van der Waals surface area contributed by atoms with Crippen LogP contribution in [0, 0.1) is 0 Å². The van der Waals surface area contributed by atoms with E-state index in [2.05, 4.69) is 0 Å². The Kier molecular flexibility index (Phi) is 5.82. The molecule has 0 aromatic carbocycles. The van der Waals surface area contributed by atoms with Gasteiger partial charge in [0.05, 0.1) is 0 Å². The first-order chi connectivity index (χ1) is 9.09. The largest absolute Gasteiger partial charge is 0.402 e. The minimum Gasteiger partial charge on any atom is -0.329 e. The predicted molar refractivity (Wildman–Crippen MR) is 70.2 cm³/mol. The van der Waals surface area contributed by atoms with Gasteiger partial charge in [-0.1, -0.05) is 6.42 Å². The highest BCUT2D eigenvalue weighted by Crippen LogP contribution is 2.26. The van der Waals surface area contributed by atoms with Crippen LogP contribution in [0.4, 0.5) is 13.2 Å². The molecule has 1 atom stereocenters. The summed E-state index contributed by atoms with van der Waals surface area (Å²) in [7, 11) is -4.15. The Labute approximate surface area is 118 Å². The van der Waals surface area contributed by atoms with Crippen molar-refractivity contribution in [2.75, 3.05) is 19.6 Å². The monoisotopic (exact) mass is 317 g/mol. The summed E-state index contributed by atoms with van der Waals surface area (Å²) in [6.45, 7) is 1.75. The number of hydrogen-bond donors (Lipinski definition) is 1. The lowest BCUT2D eigenvalue weighted by atomic mass is 10.1. The minimum atomic E-state index is -4.56. The third-order valence-electron chi connectivity index (χ3n) is 3.35. The standard InChI is InChI=1S/C11H22F3N3O2S/c1-9(2)17(8-11(12,13)14)20(18,19)16-6-4-3-5-10(16)7-15/h9-10H,3-8,15H2,1-2H3. The summed E-state index contributed by atoms with van der Waals surface area (Å²) in [5.41, 5.74) is 5.55. The number of piperidine rings is 1. The maximum Gasteiger partial charge on any atom is 0.402 e. The van der Waals surface area contributed by atoms with Crippen LogP contribution in [0.15, 0.2) is 0 Å². The van der Waals surface area contributed by atoms with E-state index in [0.717, 1.165) is 10.7 Å². The average Bonchev–Trinajstić information content (AvgIpc) is 2.34. The van der Waals surface area contributed by atoms with Crippen molar-refractivity contribution in [1.82, 2.24) is 8.61 Å². The van der Waals surface area contributed by atoms with Crippen LogP contribution in [0.3, 0.4) is 0 Å². The van der Waals surface area contributed by atoms with Crippen LogP contribution in [0.1, 0.15) is 33.1 Å². The third-order valence-corrected chi connectivity index (χ3v) is 5.57. The average molecular weight is 317 g/mol. The summed E-state index contributed by atoms with van der Waals surface area (Å²) < 4.78 is 64.3. The van der Waals surface area contributed by atoms with E-state index >= 15 is 0 Å². The summed E-state index contributed by atoms with van der Waals surface area (Å²) in [6, 6.07) is -1.18. The van der Waals surface area contributed by atoms with E-state index in [-0.39, 0.29) is 13.1 Å². The molecule has 1 aliphatic rings. The van der Waals surface area contributed by atoms with Crippen molar-refractivity contribution in [1.29, 1.82) is 0 Å². The molecule has 1 rings (SSSR count). The summed E-state index contributed by atoms with van der Waals surface area (Å²) >= 11 is 0. The van der Waals surface area contributed by atoms with Crippen molar-refractivity contribution in [2.45, 2.75) is 51.4 Å². The molecule has 0 bridgehead atoms. The van der Waals surface area contributed by atoms with Crippen LogP contribution in [0.5, 0.6) is 0 Å². The molecule has 1 unspecified atom stereocenters. The van der Waals surface area contributed by atoms with Crippen LogP contribution < -0.4 is 5.73 Å². The Morgan fingerprint density at radius 3 is 2.40 bits per heavy atom. The Morgan fingerprint density at radius 2 is 1.95 bits per heavy atom. The smallest absolute Gasteiger partial charge is 0.329 e. The van der Waals surface area contributed by atoms with Gasteiger partial charge in [0.15, 0.2) is 0 Å². The number of alkyl halides is 3. The van der Waals surface area contributed by atoms with Crippen LogP contribution in [-0.4, -0.2) is 54.9 Å². The van der Waals surface area contributed by atoms with E-state index in [0.29, 0.717) is 17.1 Å². The molecule has 0 aromatic heterocycles. The number of rotatable bonds is 5. The molecule has 1 saturated heterocycles. The zero-order chi connectivity index (χ0) is 15.6. The van der Waals surface area contributed by atoms with Crippen LogP contribution >= 0.6 is 0 Å². The Bertz CT molecular complexity index is 412. The Morgan fingerprint density at radius 1 is 1.35 bits per heavy atom. The number of nitrogens with two attached hydrogens (primary N) is 1. The molecule has 1 fully saturated rings. The molecule has 0 aromatic rings. The fourth-order valence-corrected chi connectivity index (χ4v) is 4.40. The van der Waals surface area contributed by atoms with Gasteiger partial charge in [0, 0.05) is 25.2 Å². The molecule has 0 saturated carbocycles. The van der Waals surface area contributed by atoms with Gasteiger partial charge in [-0.3, -0.25) is 0 Å². The Hall–Kier alpha value is -0.380. The maximum absolute atomic E-state index is 12.6. The van der Waals surface area contributed by atoms with Gasteiger partial charge in [0.25, 0.3) is 10.2 Å². The quantitative estimate of drug-likeness (QED) is 0.831. The third kappa shape index (κ3) is 4.31. The first kappa shape index (κ1) is 17.7. The van der Waals surface area contributed by atoms with Crippen molar-refractivity contribution < 1.29 is 21.6 Å². The number of hydrogen-bond acceptors (Lipinski definition) is 3. The summed E-state index contributed by atoms with van der Waals surface area (Å²) in [4.78, 5) is 0. The number of halogens is 3. The Balaban J connectivity index is 3.03. The van der Waals surface area contributed by atoms with E-state index in [9.17, 15) is 21.6 Å². The van der Waals surface area contributed by atoms with Gasteiger partial charge in [-0.2, -0.15) is 30.2 Å². The second-order valence-corrected chi connectivity index (χ2v) is 7.09. The summed E-state index contributed by atoms with van der Waals surface area (Å²) in [6.07, 6.45) is -2.48. The van der Waals surface area contributed by atoms with Gasteiger partial charge in [-0.15, -0.1) is 0 Å². The molecule has 1 aliphatic heterocycles. The molecule has 2 N–H and O–H groups in total. The van der Waals surface area contributed by atoms with E-state index in [1.54, 1.807) is 0 Å². The van der Waals surface area contributed by atoms with Crippen molar-refractivity contribution in [3.8, 4) is 0 Å². The number of nitrogens with zero attached hydrogens (tertiary/aromatic N) is 2. The summed E-state index contributed by atoms with van der Waals surface area (Å²) in [5.74, 6) is 0. The predicted octanol–water partition coefficient (Wildman–Crippen LogP) is 1.32. The van der Waals surface area contributed by atoms with Gasteiger partial charge in [-0.25, -0.2) is 0 Å². The molecule has 5 nitrogen and oxygen atoms in total. The normalized spacial score (nSPS) is 22.7. The SMILES string of the molecule is CC(C)N(CC(F)(F)F)S(=O)(=O)N1CCCCC1CN. The lowest BCUT2D eigenvalue weighted by Gasteiger charge is -2.39. The zero-order valence-electron chi connectivity index (χ0n) is 11.7. The molecule has 0 amide bonds. The highest BCUT2D eigenvalue weighted by atomic mass is 32.2. The molecule has 0 aliphatic carbocycles. The molecule has 120 valence electrons. The van der Waals surface area contributed by atoms with Crippen LogP contribution in [0.2, 0.25) is 0 Å². The topological polar surface area (TPSA) is 66.6 Å². The lowest BCUT2D eigenvalue weighted by Crippen LogP contribution is -2.56. The molecular weight excluding hydrogens is 295 g/mol. The van der Waals surface area contributed by atoms with Gasteiger partial charge in [-0.05, 0) is 26.7 Å². The first-order valence-electron chi connectivity index (χ1n) is 6.65.